The molecule has 0 amide bonds. The molecule has 1 aromatic rings. The molecule has 1 saturated heterocycles. The van der Waals surface area contributed by atoms with Crippen LogP contribution < -0.4 is 4.74 Å². The van der Waals surface area contributed by atoms with E-state index in [2.05, 4.69) is 72.7 Å². The Hall–Kier alpha value is -1.06. The minimum absolute atomic E-state index is 0.149. The summed E-state index contributed by atoms with van der Waals surface area (Å²) in [6, 6.07) is 8.70. The minimum atomic E-state index is -0.217. The lowest BCUT2D eigenvalue weighted by atomic mass is 9.80. The highest BCUT2D eigenvalue weighted by Gasteiger charge is 2.26. The number of rotatable bonds is 8. The molecular weight excluding hydrogens is 372 g/mol. The fourth-order valence-electron chi connectivity index (χ4n) is 3.85. The summed E-state index contributed by atoms with van der Waals surface area (Å²) in [6.45, 7) is 21.5. The van der Waals surface area contributed by atoms with Crippen LogP contribution in [0.5, 0.6) is 5.75 Å². The smallest absolute Gasteiger partial charge is 0.200 e. The number of benzene rings is 1. The van der Waals surface area contributed by atoms with Gasteiger partial charge >= 0.3 is 0 Å². The number of hydrogen-bond acceptors (Lipinski definition) is 3. The van der Waals surface area contributed by atoms with Gasteiger partial charge in [0.1, 0.15) is 5.75 Å². The molecule has 2 rings (SSSR count). The maximum atomic E-state index is 6.33. The van der Waals surface area contributed by atoms with Crippen molar-refractivity contribution in [2.75, 3.05) is 13.2 Å². The first-order valence-corrected chi connectivity index (χ1v) is 12.1. The lowest BCUT2D eigenvalue weighted by Gasteiger charge is -2.31. The van der Waals surface area contributed by atoms with Crippen molar-refractivity contribution in [3.05, 3.63) is 29.8 Å². The average Bonchev–Trinajstić information content (AvgIpc) is 2.67. The van der Waals surface area contributed by atoms with Crippen LogP contribution in [-0.2, 0) is 9.47 Å². The Kier molecular flexibility index (Phi) is 11.4. The molecule has 0 aliphatic carbocycles. The quantitative estimate of drug-likeness (QED) is 0.399. The number of ether oxygens (including phenoxy) is 3. The first kappa shape index (κ1) is 27.0. The van der Waals surface area contributed by atoms with E-state index in [0.717, 1.165) is 44.6 Å². The van der Waals surface area contributed by atoms with E-state index in [1.165, 1.54) is 12.0 Å². The van der Waals surface area contributed by atoms with Gasteiger partial charge in [0.25, 0.3) is 0 Å². The third-order valence-corrected chi connectivity index (χ3v) is 5.26. The topological polar surface area (TPSA) is 27.7 Å². The van der Waals surface area contributed by atoms with Gasteiger partial charge in [0.2, 0.25) is 6.29 Å². The van der Waals surface area contributed by atoms with Crippen LogP contribution in [0.4, 0.5) is 0 Å². The van der Waals surface area contributed by atoms with Gasteiger partial charge in [0.15, 0.2) is 0 Å². The van der Waals surface area contributed by atoms with Gasteiger partial charge in [-0.1, -0.05) is 74.4 Å². The van der Waals surface area contributed by atoms with Gasteiger partial charge < -0.3 is 14.2 Å². The fourth-order valence-corrected chi connectivity index (χ4v) is 3.85. The molecule has 0 aromatic heterocycles. The van der Waals surface area contributed by atoms with Crippen molar-refractivity contribution in [2.45, 2.75) is 113 Å². The molecule has 2 atom stereocenters. The molecule has 3 heteroatoms. The summed E-state index contributed by atoms with van der Waals surface area (Å²) < 4.78 is 18.1. The summed E-state index contributed by atoms with van der Waals surface area (Å²) in [5, 5.41) is 0. The fraction of sp³-hybridized carbons (Fsp3) is 0.778. The van der Waals surface area contributed by atoms with Gasteiger partial charge in [0, 0.05) is 19.6 Å². The van der Waals surface area contributed by atoms with Crippen LogP contribution in [0.1, 0.15) is 106 Å². The molecule has 174 valence electrons. The Morgan fingerprint density at radius 2 is 1.43 bits per heavy atom. The standard InChI is InChI=1S/C25H42O3.C2H6/c1-8-19(17-24(2,3)4)20-9-11-21(12-10-20)27-23(18-25(5,6)7)28-22-13-15-26-16-14-22;1-2/h9-12,19,22-23H,8,13-18H2,1-7H3;1-2H3. The second-order valence-corrected chi connectivity index (χ2v) is 10.7. The van der Waals surface area contributed by atoms with E-state index in [0.29, 0.717) is 11.3 Å². The van der Waals surface area contributed by atoms with E-state index in [4.69, 9.17) is 14.2 Å². The van der Waals surface area contributed by atoms with Gasteiger partial charge in [-0.25, -0.2) is 0 Å². The molecule has 0 saturated carbocycles. The molecule has 0 spiro atoms. The van der Waals surface area contributed by atoms with Gasteiger partial charge in [-0.2, -0.15) is 0 Å². The maximum Gasteiger partial charge on any atom is 0.200 e. The monoisotopic (exact) mass is 420 g/mol. The van der Waals surface area contributed by atoms with Crippen LogP contribution in [-0.4, -0.2) is 25.6 Å². The zero-order valence-corrected chi connectivity index (χ0v) is 21.2. The van der Waals surface area contributed by atoms with E-state index in [1.807, 2.05) is 13.8 Å². The highest BCUT2D eigenvalue weighted by atomic mass is 16.7. The molecule has 0 N–H and O–H groups in total. The second kappa shape index (κ2) is 12.7. The Bertz CT molecular complexity index is 559. The molecule has 0 radical (unpaired) electrons. The van der Waals surface area contributed by atoms with E-state index in [1.54, 1.807) is 0 Å². The molecule has 0 bridgehead atoms. The van der Waals surface area contributed by atoms with Crippen molar-refractivity contribution < 1.29 is 14.2 Å². The summed E-state index contributed by atoms with van der Waals surface area (Å²) in [4.78, 5) is 0. The van der Waals surface area contributed by atoms with Gasteiger partial charge in [-0.15, -0.1) is 0 Å². The van der Waals surface area contributed by atoms with E-state index < -0.39 is 0 Å². The summed E-state index contributed by atoms with van der Waals surface area (Å²) in [5.41, 5.74) is 1.89. The third-order valence-electron chi connectivity index (χ3n) is 5.26. The largest absolute Gasteiger partial charge is 0.465 e. The lowest BCUT2D eigenvalue weighted by molar-refractivity contribution is -0.155. The molecule has 2 unspecified atom stereocenters. The molecular formula is C27H48O3. The van der Waals surface area contributed by atoms with Crippen molar-refractivity contribution in [2.24, 2.45) is 10.8 Å². The highest BCUT2D eigenvalue weighted by molar-refractivity contribution is 5.29. The van der Waals surface area contributed by atoms with Crippen LogP contribution in [0.3, 0.4) is 0 Å². The Labute approximate surface area is 186 Å². The molecule has 3 nitrogen and oxygen atoms in total. The first-order chi connectivity index (χ1) is 14.1. The Balaban J connectivity index is 0.00000218. The minimum Gasteiger partial charge on any atom is -0.465 e. The predicted molar refractivity (Wildman–Crippen MR) is 128 cm³/mol. The maximum absolute atomic E-state index is 6.33. The SMILES string of the molecule is CC.CCC(CC(C)(C)C)c1ccc(OC(CC(C)(C)C)OC2CCOCC2)cc1. The van der Waals surface area contributed by atoms with Crippen LogP contribution in [0.2, 0.25) is 0 Å². The van der Waals surface area contributed by atoms with Crippen molar-refractivity contribution >= 4 is 0 Å². The first-order valence-electron chi connectivity index (χ1n) is 12.1. The Morgan fingerprint density at radius 1 is 0.900 bits per heavy atom. The molecule has 1 aliphatic heterocycles. The van der Waals surface area contributed by atoms with Gasteiger partial charge in [0.05, 0.1) is 6.10 Å². The van der Waals surface area contributed by atoms with E-state index in [9.17, 15) is 0 Å². The molecule has 1 aliphatic rings. The van der Waals surface area contributed by atoms with Crippen LogP contribution >= 0.6 is 0 Å². The summed E-state index contributed by atoms with van der Waals surface area (Å²) in [7, 11) is 0. The average molecular weight is 421 g/mol. The number of hydrogen-bond donors (Lipinski definition) is 0. The van der Waals surface area contributed by atoms with Gasteiger partial charge in [-0.3, -0.25) is 0 Å². The van der Waals surface area contributed by atoms with Crippen molar-refractivity contribution in [3.63, 3.8) is 0 Å². The van der Waals surface area contributed by atoms with Gasteiger partial charge in [-0.05, 0) is 60.1 Å². The zero-order chi connectivity index (χ0) is 22.8. The lowest BCUT2D eigenvalue weighted by Crippen LogP contribution is -2.34. The molecule has 30 heavy (non-hydrogen) atoms. The van der Waals surface area contributed by atoms with E-state index >= 15 is 0 Å². The second-order valence-electron chi connectivity index (χ2n) is 10.7. The van der Waals surface area contributed by atoms with Crippen molar-refractivity contribution in [1.29, 1.82) is 0 Å². The predicted octanol–water partition coefficient (Wildman–Crippen LogP) is 7.98. The Morgan fingerprint density at radius 3 is 1.90 bits per heavy atom. The molecule has 1 heterocycles. The summed E-state index contributed by atoms with van der Waals surface area (Å²) in [5.74, 6) is 1.49. The third kappa shape index (κ3) is 10.8. The van der Waals surface area contributed by atoms with Crippen LogP contribution in [0, 0.1) is 10.8 Å². The highest BCUT2D eigenvalue weighted by Crippen LogP contribution is 2.34. The van der Waals surface area contributed by atoms with Crippen LogP contribution in [0.25, 0.3) is 0 Å². The zero-order valence-electron chi connectivity index (χ0n) is 21.2. The summed E-state index contributed by atoms with van der Waals surface area (Å²) in [6.07, 6.45) is 5.15. The summed E-state index contributed by atoms with van der Waals surface area (Å²) >= 11 is 0. The normalized spacial score (nSPS) is 17.6. The molecule has 1 fully saturated rings. The van der Waals surface area contributed by atoms with Crippen molar-refractivity contribution in [1.82, 2.24) is 0 Å². The van der Waals surface area contributed by atoms with Crippen LogP contribution in [0.15, 0.2) is 24.3 Å². The molecule has 1 aromatic carbocycles. The van der Waals surface area contributed by atoms with E-state index in [-0.39, 0.29) is 17.8 Å². The van der Waals surface area contributed by atoms with Crippen molar-refractivity contribution in [3.8, 4) is 5.75 Å².